The quantitative estimate of drug-likeness (QED) is 0.447. The maximum absolute atomic E-state index is 6.09. The van der Waals surface area contributed by atoms with E-state index in [9.17, 15) is 0 Å². The first-order chi connectivity index (χ1) is 13.3. The van der Waals surface area contributed by atoms with Crippen molar-refractivity contribution in [2.24, 2.45) is 5.92 Å². The molecule has 0 spiro atoms. The van der Waals surface area contributed by atoms with Crippen LogP contribution in [0.1, 0.15) is 12.8 Å². The summed E-state index contributed by atoms with van der Waals surface area (Å²) in [5.74, 6) is 1.47. The molecule has 0 amide bonds. The van der Waals surface area contributed by atoms with Crippen LogP contribution in [0.15, 0.2) is 48.5 Å². The van der Waals surface area contributed by atoms with Gasteiger partial charge in [-0.15, -0.1) is 24.8 Å². The molecule has 4 rings (SSSR count). The van der Waals surface area contributed by atoms with Crippen molar-refractivity contribution in [1.82, 2.24) is 10.3 Å². The van der Waals surface area contributed by atoms with Crippen LogP contribution < -0.4 is 15.0 Å². The van der Waals surface area contributed by atoms with Gasteiger partial charge in [-0.3, -0.25) is 0 Å². The smallest absolute Gasteiger partial charge is 0.186 e. The lowest BCUT2D eigenvalue weighted by Crippen LogP contribution is -2.38. The van der Waals surface area contributed by atoms with E-state index in [0.29, 0.717) is 11.6 Å². The van der Waals surface area contributed by atoms with Gasteiger partial charge in [0.25, 0.3) is 0 Å². The van der Waals surface area contributed by atoms with Crippen molar-refractivity contribution < 1.29 is 4.74 Å². The Morgan fingerprint density at radius 1 is 1.07 bits per heavy atom. The molecular formula is C21H26Cl3N3OS. The van der Waals surface area contributed by atoms with Crippen LogP contribution in [0.5, 0.6) is 5.75 Å². The molecule has 158 valence electrons. The summed E-state index contributed by atoms with van der Waals surface area (Å²) in [7, 11) is 0. The number of hydrogen-bond acceptors (Lipinski definition) is 5. The van der Waals surface area contributed by atoms with Gasteiger partial charge >= 0.3 is 0 Å². The summed E-state index contributed by atoms with van der Waals surface area (Å²) >= 11 is 7.89. The van der Waals surface area contributed by atoms with Crippen LogP contribution in [0.2, 0.25) is 5.02 Å². The molecule has 1 aliphatic rings. The first-order valence-corrected chi connectivity index (χ1v) is 10.7. The molecule has 1 N–H and O–H groups in total. The number of thiazole rings is 1. The third-order valence-electron chi connectivity index (χ3n) is 4.97. The minimum absolute atomic E-state index is 0. The van der Waals surface area contributed by atoms with Crippen molar-refractivity contribution >= 4 is 63.1 Å². The second kappa shape index (κ2) is 11.8. The highest BCUT2D eigenvalue weighted by Crippen LogP contribution is 2.31. The highest BCUT2D eigenvalue weighted by Gasteiger charge is 2.21. The molecule has 0 atom stereocenters. The average Bonchev–Trinajstić information content (AvgIpc) is 3.14. The molecule has 1 aromatic heterocycles. The van der Waals surface area contributed by atoms with Gasteiger partial charge in [-0.1, -0.05) is 47.2 Å². The maximum atomic E-state index is 6.09. The Kier molecular flexibility index (Phi) is 9.80. The van der Waals surface area contributed by atoms with Crippen LogP contribution in [0.25, 0.3) is 10.2 Å². The van der Waals surface area contributed by atoms with Gasteiger partial charge in [-0.05, 0) is 49.6 Å². The molecule has 0 saturated carbocycles. The van der Waals surface area contributed by atoms with Gasteiger partial charge < -0.3 is 15.0 Å². The third-order valence-corrected chi connectivity index (χ3v) is 6.38. The predicted molar refractivity (Wildman–Crippen MR) is 129 cm³/mol. The molecule has 0 aliphatic carbocycles. The standard InChI is InChI=1S/C21H24ClN3OS.2ClH/c22-17-5-1-3-7-19(17)26-14-11-23-15-16-9-12-25(13-10-16)21-24-18-6-2-4-8-20(18)27-21;;/h1-8,16,23H,9-15H2;2*1H. The number of ether oxygens (including phenoxy) is 1. The Bertz CT molecular complexity index is 851. The number of aromatic nitrogens is 1. The maximum Gasteiger partial charge on any atom is 0.186 e. The van der Waals surface area contributed by atoms with Crippen molar-refractivity contribution in [3.8, 4) is 5.75 Å². The molecule has 4 nitrogen and oxygen atoms in total. The van der Waals surface area contributed by atoms with Gasteiger partial charge in [-0.2, -0.15) is 0 Å². The topological polar surface area (TPSA) is 37.4 Å². The molecule has 0 unspecified atom stereocenters. The van der Waals surface area contributed by atoms with Crippen LogP contribution in [0, 0.1) is 5.92 Å². The van der Waals surface area contributed by atoms with Crippen molar-refractivity contribution in [3.63, 3.8) is 0 Å². The molecule has 1 saturated heterocycles. The number of anilines is 1. The van der Waals surface area contributed by atoms with E-state index < -0.39 is 0 Å². The normalized spacial score (nSPS) is 14.3. The Labute approximate surface area is 193 Å². The minimum atomic E-state index is 0. The van der Waals surface area contributed by atoms with Crippen LogP contribution in [-0.4, -0.2) is 37.8 Å². The predicted octanol–water partition coefficient (Wildman–Crippen LogP) is 5.68. The molecule has 29 heavy (non-hydrogen) atoms. The van der Waals surface area contributed by atoms with E-state index in [4.69, 9.17) is 21.3 Å². The average molecular weight is 475 g/mol. The number of nitrogens with zero attached hydrogens (tertiary/aromatic N) is 2. The zero-order valence-electron chi connectivity index (χ0n) is 16.1. The van der Waals surface area contributed by atoms with E-state index in [1.807, 2.05) is 24.3 Å². The number of halogens is 3. The molecule has 1 fully saturated rings. The lowest BCUT2D eigenvalue weighted by Gasteiger charge is -2.31. The Balaban J connectivity index is 0.00000150. The third kappa shape index (κ3) is 6.37. The molecule has 3 aromatic rings. The fourth-order valence-corrected chi connectivity index (χ4v) is 4.63. The summed E-state index contributed by atoms with van der Waals surface area (Å²) in [5.41, 5.74) is 1.11. The monoisotopic (exact) mass is 473 g/mol. The van der Waals surface area contributed by atoms with E-state index in [1.54, 1.807) is 11.3 Å². The van der Waals surface area contributed by atoms with Crippen molar-refractivity contribution in [3.05, 3.63) is 53.6 Å². The van der Waals surface area contributed by atoms with Crippen LogP contribution in [0.3, 0.4) is 0 Å². The van der Waals surface area contributed by atoms with Crippen LogP contribution in [0.4, 0.5) is 5.13 Å². The van der Waals surface area contributed by atoms with E-state index >= 15 is 0 Å². The number of rotatable bonds is 7. The SMILES string of the molecule is Cl.Cl.Clc1ccccc1OCCNCC1CCN(c2nc3ccccc3s2)CC1. The molecule has 0 bridgehead atoms. The van der Waals surface area contributed by atoms with Crippen molar-refractivity contribution in [2.75, 3.05) is 37.7 Å². The fraction of sp³-hybridized carbons (Fsp3) is 0.381. The highest BCUT2D eigenvalue weighted by atomic mass is 35.5. The summed E-state index contributed by atoms with van der Waals surface area (Å²) in [6.45, 7) is 4.68. The minimum Gasteiger partial charge on any atom is -0.491 e. The highest BCUT2D eigenvalue weighted by molar-refractivity contribution is 7.22. The number of piperidine rings is 1. The molecule has 2 aromatic carbocycles. The second-order valence-electron chi connectivity index (χ2n) is 6.88. The summed E-state index contributed by atoms with van der Waals surface area (Å²) in [4.78, 5) is 7.22. The Morgan fingerprint density at radius 2 is 1.79 bits per heavy atom. The lowest BCUT2D eigenvalue weighted by atomic mass is 9.97. The number of para-hydroxylation sites is 2. The van der Waals surface area contributed by atoms with Gasteiger partial charge in [0.05, 0.1) is 15.2 Å². The van der Waals surface area contributed by atoms with Crippen LogP contribution in [-0.2, 0) is 0 Å². The van der Waals surface area contributed by atoms with Gasteiger partial charge in [0.1, 0.15) is 12.4 Å². The molecule has 8 heteroatoms. The zero-order valence-corrected chi connectivity index (χ0v) is 19.3. The molecule has 2 heterocycles. The fourth-order valence-electron chi connectivity index (χ4n) is 3.42. The summed E-state index contributed by atoms with van der Waals surface area (Å²) in [6.07, 6.45) is 2.41. The summed E-state index contributed by atoms with van der Waals surface area (Å²) in [6, 6.07) is 16.0. The Hall–Kier alpha value is -1.24. The number of hydrogen-bond donors (Lipinski definition) is 1. The van der Waals surface area contributed by atoms with E-state index in [2.05, 4.69) is 34.5 Å². The first-order valence-electron chi connectivity index (χ1n) is 9.48. The number of benzene rings is 2. The molecule has 0 radical (unpaired) electrons. The number of nitrogens with one attached hydrogen (secondary N) is 1. The van der Waals surface area contributed by atoms with Gasteiger partial charge in [0, 0.05) is 19.6 Å². The van der Waals surface area contributed by atoms with Gasteiger partial charge in [0.15, 0.2) is 5.13 Å². The second-order valence-corrected chi connectivity index (χ2v) is 8.29. The number of fused-ring (bicyclic) bond motifs is 1. The van der Waals surface area contributed by atoms with E-state index in [-0.39, 0.29) is 24.8 Å². The summed E-state index contributed by atoms with van der Waals surface area (Å²) < 4.78 is 6.99. The van der Waals surface area contributed by atoms with E-state index in [0.717, 1.165) is 48.5 Å². The van der Waals surface area contributed by atoms with Gasteiger partial charge in [-0.25, -0.2) is 4.98 Å². The Morgan fingerprint density at radius 3 is 2.55 bits per heavy atom. The first kappa shape index (κ1) is 24.0. The van der Waals surface area contributed by atoms with Crippen molar-refractivity contribution in [2.45, 2.75) is 12.8 Å². The molecule has 1 aliphatic heterocycles. The van der Waals surface area contributed by atoms with Gasteiger partial charge in [0.2, 0.25) is 0 Å². The molecular weight excluding hydrogens is 449 g/mol. The summed E-state index contributed by atoms with van der Waals surface area (Å²) in [5, 5.41) is 5.35. The van der Waals surface area contributed by atoms with Crippen LogP contribution >= 0.6 is 47.8 Å². The lowest BCUT2D eigenvalue weighted by molar-refractivity contribution is 0.302. The zero-order chi connectivity index (χ0) is 18.5. The van der Waals surface area contributed by atoms with E-state index in [1.165, 1.54) is 17.5 Å². The largest absolute Gasteiger partial charge is 0.491 e. The van der Waals surface area contributed by atoms with Crippen molar-refractivity contribution in [1.29, 1.82) is 0 Å².